The van der Waals surface area contributed by atoms with Gasteiger partial charge in [-0.15, -0.1) is 0 Å². The average molecular weight is 508 g/mol. The number of amides is 3. The van der Waals surface area contributed by atoms with Crippen LogP contribution in [0.3, 0.4) is 0 Å². The van der Waals surface area contributed by atoms with Gasteiger partial charge in [0.15, 0.2) is 6.61 Å². The van der Waals surface area contributed by atoms with Crippen LogP contribution in [-0.2, 0) is 14.3 Å². The van der Waals surface area contributed by atoms with E-state index in [1.54, 1.807) is 42.5 Å². The van der Waals surface area contributed by atoms with Crippen molar-refractivity contribution < 1.29 is 23.9 Å². The van der Waals surface area contributed by atoms with Crippen molar-refractivity contribution in [2.24, 2.45) is 5.92 Å². The van der Waals surface area contributed by atoms with E-state index in [9.17, 15) is 19.2 Å². The van der Waals surface area contributed by atoms with E-state index in [-0.39, 0.29) is 23.5 Å². The van der Waals surface area contributed by atoms with Crippen LogP contribution in [0.1, 0.15) is 41.0 Å². The molecule has 1 atom stereocenters. The zero-order chi connectivity index (χ0) is 22.7. The van der Waals surface area contributed by atoms with Crippen LogP contribution < -0.4 is 5.32 Å². The molecular weight excluding hydrogens is 488 g/mol. The molecule has 0 bridgehead atoms. The van der Waals surface area contributed by atoms with Gasteiger partial charge in [-0.1, -0.05) is 37.6 Å². The normalized spacial score (nSPS) is 13.9. The first-order valence-corrected chi connectivity index (χ1v) is 10.7. The first-order chi connectivity index (χ1) is 14.7. The van der Waals surface area contributed by atoms with E-state index < -0.39 is 36.3 Å². The van der Waals surface area contributed by atoms with Gasteiger partial charge in [0.2, 0.25) is 0 Å². The van der Waals surface area contributed by atoms with Gasteiger partial charge < -0.3 is 10.1 Å². The molecule has 0 aromatic heterocycles. The lowest BCUT2D eigenvalue weighted by molar-refractivity contribution is -0.151. The van der Waals surface area contributed by atoms with Crippen molar-refractivity contribution >= 4 is 56.9 Å². The Bertz CT molecular complexity index is 1020. The summed E-state index contributed by atoms with van der Waals surface area (Å²) in [7, 11) is 0. The fourth-order valence-electron chi connectivity index (χ4n) is 3.25. The van der Waals surface area contributed by atoms with E-state index >= 15 is 0 Å². The van der Waals surface area contributed by atoms with Gasteiger partial charge in [-0.25, -0.2) is 4.79 Å². The second kappa shape index (κ2) is 9.62. The standard InChI is InChI=1S/C22H20BrClN2O5/c1-12(2)9-18(26-20(28)14-5-3-4-6-15(14)21(26)29)22(30)31-11-19(27)25-13-7-8-16(23)17(24)10-13/h3-8,10,12,18H,9,11H2,1-2H3,(H,25,27). The highest BCUT2D eigenvalue weighted by atomic mass is 79.9. The van der Waals surface area contributed by atoms with Crippen LogP contribution in [0.4, 0.5) is 5.69 Å². The van der Waals surface area contributed by atoms with Gasteiger partial charge in [0.1, 0.15) is 6.04 Å². The summed E-state index contributed by atoms with van der Waals surface area (Å²) in [6.45, 7) is 3.16. The number of ether oxygens (including phenoxy) is 1. The molecule has 31 heavy (non-hydrogen) atoms. The van der Waals surface area contributed by atoms with Crippen molar-refractivity contribution in [3.05, 3.63) is 63.1 Å². The minimum absolute atomic E-state index is 0.000552. The van der Waals surface area contributed by atoms with Crippen molar-refractivity contribution in [2.45, 2.75) is 26.3 Å². The van der Waals surface area contributed by atoms with Crippen molar-refractivity contribution in [3.63, 3.8) is 0 Å². The molecule has 0 saturated carbocycles. The molecule has 1 heterocycles. The molecule has 2 aromatic rings. The number of esters is 1. The molecule has 2 aromatic carbocycles. The maximum atomic E-state index is 12.8. The van der Waals surface area contributed by atoms with Crippen molar-refractivity contribution in [1.29, 1.82) is 0 Å². The number of fused-ring (bicyclic) bond motifs is 1. The molecule has 1 aliphatic heterocycles. The average Bonchev–Trinajstić information content (AvgIpc) is 2.98. The van der Waals surface area contributed by atoms with Gasteiger partial charge in [0.05, 0.1) is 16.1 Å². The lowest BCUT2D eigenvalue weighted by Gasteiger charge is -2.25. The van der Waals surface area contributed by atoms with Crippen LogP contribution in [0.2, 0.25) is 5.02 Å². The number of imide groups is 1. The number of halogens is 2. The highest BCUT2D eigenvalue weighted by Crippen LogP contribution is 2.28. The van der Waals surface area contributed by atoms with Crippen LogP contribution in [0.5, 0.6) is 0 Å². The predicted molar refractivity (Wildman–Crippen MR) is 119 cm³/mol. The van der Waals surface area contributed by atoms with Crippen LogP contribution in [0.15, 0.2) is 46.9 Å². The van der Waals surface area contributed by atoms with Gasteiger partial charge in [-0.05, 0) is 58.6 Å². The fraction of sp³-hybridized carbons (Fsp3) is 0.273. The number of benzene rings is 2. The molecule has 1 N–H and O–H groups in total. The number of rotatable bonds is 7. The number of hydrogen-bond donors (Lipinski definition) is 1. The van der Waals surface area contributed by atoms with E-state index in [4.69, 9.17) is 16.3 Å². The number of nitrogens with one attached hydrogen (secondary N) is 1. The zero-order valence-electron chi connectivity index (χ0n) is 16.9. The number of hydrogen-bond acceptors (Lipinski definition) is 5. The maximum Gasteiger partial charge on any atom is 0.329 e. The maximum absolute atomic E-state index is 12.8. The summed E-state index contributed by atoms with van der Waals surface area (Å²) in [5.41, 5.74) is 0.936. The lowest BCUT2D eigenvalue weighted by Crippen LogP contribution is -2.46. The summed E-state index contributed by atoms with van der Waals surface area (Å²) < 4.78 is 5.84. The molecule has 3 amide bonds. The van der Waals surface area contributed by atoms with E-state index in [2.05, 4.69) is 21.2 Å². The number of carbonyl (C=O) groups excluding carboxylic acids is 4. The minimum atomic E-state index is -1.12. The fourth-order valence-corrected chi connectivity index (χ4v) is 3.68. The van der Waals surface area contributed by atoms with Gasteiger partial charge in [0, 0.05) is 10.2 Å². The Labute approximate surface area is 192 Å². The molecule has 1 aliphatic rings. The SMILES string of the molecule is CC(C)CC(C(=O)OCC(=O)Nc1ccc(Br)c(Cl)c1)N1C(=O)c2ccccc2C1=O. The number of carbonyl (C=O) groups is 4. The second-order valence-corrected chi connectivity index (χ2v) is 8.72. The van der Waals surface area contributed by atoms with Gasteiger partial charge in [0.25, 0.3) is 17.7 Å². The third kappa shape index (κ3) is 5.14. The van der Waals surface area contributed by atoms with Gasteiger partial charge in [-0.3, -0.25) is 19.3 Å². The Balaban J connectivity index is 1.69. The third-order valence-electron chi connectivity index (χ3n) is 4.65. The summed E-state index contributed by atoms with van der Waals surface area (Å²) in [4.78, 5) is 51.5. The smallest absolute Gasteiger partial charge is 0.329 e. The Kier molecular flexibility index (Phi) is 7.12. The highest BCUT2D eigenvalue weighted by Gasteiger charge is 2.43. The summed E-state index contributed by atoms with van der Waals surface area (Å²) in [6, 6.07) is 10.1. The lowest BCUT2D eigenvalue weighted by atomic mass is 10.0. The molecule has 9 heteroatoms. The number of nitrogens with zero attached hydrogens (tertiary/aromatic N) is 1. The topological polar surface area (TPSA) is 92.8 Å². The Morgan fingerprint density at radius 2 is 1.71 bits per heavy atom. The highest BCUT2D eigenvalue weighted by molar-refractivity contribution is 9.10. The van der Waals surface area contributed by atoms with E-state index in [0.717, 1.165) is 4.90 Å². The van der Waals surface area contributed by atoms with Crippen LogP contribution in [0, 0.1) is 5.92 Å². The molecule has 1 unspecified atom stereocenters. The molecule has 0 spiro atoms. The molecule has 0 radical (unpaired) electrons. The van der Waals surface area contributed by atoms with Crippen LogP contribution in [-0.4, -0.2) is 41.2 Å². The van der Waals surface area contributed by atoms with Crippen LogP contribution in [0.25, 0.3) is 0 Å². The molecule has 0 fully saturated rings. The molecule has 162 valence electrons. The van der Waals surface area contributed by atoms with E-state index in [1.165, 1.54) is 0 Å². The molecule has 0 aliphatic carbocycles. The number of anilines is 1. The Hall–Kier alpha value is -2.71. The monoisotopic (exact) mass is 506 g/mol. The summed E-state index contributed by atoms with van der Waals surface area (Å²) >= 11 is 9.26. The molecule has 7 nitrogen and oxygen atoms in total. The second-order valence-electron chi connectivity index (χ2n) is 7.46. The summed E-state index contributed by atoms with van der Waals surface area (Å²) in [6.07, 6.45) is 0.217. The Morgan fingerprint density at radius 3 is 2.26 bits per heavy atom. The van der Waals surface area contributed by atoms with Crippen molar-refractivity contribution in [1.82, 2.24) is 4.90 Å². The molecular formula is C22H20BrClN2O5. The Morgan fingerprint density at radius 1 is 1.10 bits per heavy atom. The third-order valence-corrected chi connectivity index (χ3v) is 5.89. The predicted octanol–water partition coefficient (Wildman–Crippen LogP) is 4.30. The van der Waals surface area contributed by atoms with Crippen molar-refractivity contribution in [3.8, 4) is 0 Å². The molecule has 3 rings (SSSR count). The summed E-state index contributed by atoms with van der Waals surface area (Å²) in [5, 5.41) is 2.99. The van der Waals surface area contributed by atoms with Gasteiger partial charge >= 0.3 is 5.97 Å². The summed E-state index contributed by atoms with van der Waals surface area (Å²) in [5.74, 6) is -2.47. The molecule has 0 saturated heterocycles. The first kappa shape index (κ1) is 23.0. The first-order valence-electron chi connectivity index (χ1n) is 9.57. The van der Waals surface area contributed by atoms with E-state index in [1.807, 2.05) is 13.8 Å². The van der Waals surface area contributed by atoms with Crippen LogP contribution >= 0.6 is 27.5 Å². The quantitative estimate of drug-likeness (QED) is 0.446. The van der Waals surface area contributed by atoms with Crippen molar-refractivity contribution in [2.75, 3.05) is 11.9 Å². The van der Waals surface area contributed by atoms with E-state index in [0.29, 0.717) is 15.2 Å². The van der Waals surface area contributed by atoms with Gasteiger partial charge in [-0.2, -0.15) is 0 Å². The minimum Gasteiger partial charge on any atom is -0.454 e. The zero-order valence-corrected chi connectivity index (χ0v) is 19.2. The largest absolute Gasteiger partial charge is 0.454 e.